The van der Waals surface area contributed by atoms with Gasteiger partial charge in [0.15, 0.2) is 6.61 Å². The van der Waals surface area contributed by atoms with Crippen LogP contribution in [0.15, 0.2) is 94.1 Å². The van der Waals surface area contributed by atoms with Crippen LogP contribution >= 0.6 is 11.6 Å². The SMILES string of the molecule is O=C(COc1ccc(Cl)cc1)N(CCCNc1cc(=O)oc2ccccc12)Cc1ccccc1. The molecule has 0 bridgehead atoms. The number of benzene rings is 3. The standard InChI is InChI=1S/C27H25ClN2O4/c28-21-11-13-22(14-12-21)33-19-26(31)30(18-20-7-2-1-3-8-20)16-6-15-29-24-17-27(32)34-25-10-5-4-9-23(24)25/h1-5,7-14,17,29H,6,15-16,18-19H2. The molecule has 4 aromatic rings. The molecule has 3 aromatic carbocycles. The lowest BCUT2D eigenvalue weighted by molar-refractivity contribution is -0.134. The molecular weight excluding hydrogens is 452 g/mol. The van der Waals surface area contributed by atoms with E-state index in [2.05, 4.69) is 5.32 Å². The van der Waals surface area contributed by atoms with Crippen LogP contribution in [0.4, 0.5) is 5.69 Å². The molecule has 34 heavy (non-hydrogen) atoms. The summed E-state index contributed by atoms with van der Waals surface area (Å²) in [5.74, 6) is 0.485. The average molecular weight is 477 g/mol. The van der Waals surface area contributed by atoms with Gasteiger partial charge in [0.2, 0.25) is 0 Å². The highest BCUT2D eigenvalue weighted by molar-refractivity contribution is 6.30. The van der Waals surface area contributed by atoms with Crippen molar-refractivity contribution >= 4 is 34.2 Å². The van der Waals surface area contributed by atoms with Crippen molar-refractivity contribution in [3.8, 4) is 5.75 Å². The van der Waals surface area contributed by atoms with Crippen molar-refractivity contribution in [1.29, 1.82) is 0 Å². The number of carbonyl (C=O) groups excluding carboxylic acids is 1. The number of ether oxygens (including phenoxy) is 1. The Balaban J connectivity index is 1.38. The van der Waals surface area contributed by atoms with Crippen LogP contribution in [-0.2, 0) is 11.3 Å². The molecule has 7 heteroatoms. The molecule has 0 aliphatic carbocycles. The summed E-state index contributed by atoms with van der Waals surface area (Å²) in [5.41, 5.74) is 1.90. The highest BCUT2D eigenvalue weighted by atomic mass is 35.5. The van der Waals surface area contributed by atoms with Gasteiger partial charge in [0.25, 0.3) is 5.91 Å². The minimum Gasteiger partial charge on any atom is -0.484 e. The predicted molar refractivity (Wildman–Crippen MR) is 134 cm³/mol. The number of halogens is 1. The summed E-state index contributed by atoms with van der Waals surface area (Å²) in [6.45, 7) is 1.54. The molecule has 0 saturated carbocycles. The second-order valence-electron chi connectivity index (χ2n) is 7.80. The molecule has 1 amide bonds. The van der Waals surface area contributed by atoms with Crippen molar-refractivity contribution in [3.63, 3.8) is 0 Å². The third-order valence-corrected chi connectivity index (χ3v) is 5.57. The minimum absolute atomic E-state index is 0.0632. The molecule has 0 radical (unpaired) electrons. The van der Waals surface area contributed by atoms with Gasteiger partial charge in [0, 0.05) is 36.1 Å². The summed E-state index contributed by atoms with van der Waals surface area (Å²) >= 11 is 5.91. The van der Waals surface area contributed by atoms with Crippen LogP contribution < -0.4 is 15.7 Å². The number of carbonyl (C=O) groups is 1. The lowest BCUT2D eigenvalue weighted by Gasteiger charge is -2.23. The molecule has 0 saturated heterocycles. The Hall–Kier alpha value is -3.77. The number of hydrogen-bond acceptors (Lipinski definition) is 5. The van der Waals surface area contributed by atoms with Crippen LogP contribution in [0, 0.1) is 0 Å². The van der Waals surface area contributed by atoms with Gasteiger partial charge in [-0.05, 0) is 48.4 Å². The van der Waals surface area contributed by atoms with E-state index in [-0.39, 0.29) is 12.5 Å². The Bertz CT molecular complexity index is 1290. The Morgan fingerprint density at radius 2 is 1.71 bits per heavy atom. The van der Waals surface area contributed by atoms with Gasteiger partial charge in [-0.2, -0.15) is 0 Å². The summed E-state index contributed by atoms with van der Waals surface area (Å²) < 4.78 is 10.9. The van der Waals surface area contributed by atoms with Gasteiger partial charge in [-0.15, -0.1) is 0 Å². The second kappa shape index (κ2) is 11.4. The van der Waals surface area contributed by atoms with E-state index in [1.807, 2.05) is 48.5 Å². The lowest BCUT2D eigenvalue weighted by atomic mass is 10.2. The highest BCUT2D eigenvalue weighted by Crippen LogP contribution is 2.21. The van der Waals surface area contributed by atoms with Gasteiger partial charge < -0.3 is 19.4 Å². The molecule has 0 unspecified atom stereocenters. The van der Waals surface area contributed by atoms with Crippen LogP contribution in [0.2, 0.25) is 5.02 Å². The Labute approximate surface area is 202 Å². The maximum atomic E-state index is 13.0. The monoisotopic (exact) mass is 476 g/mol. The summed E-state index contributed by atoms with van der Waals surface area (Å²) in [5, 5.41) is 4.76. The molecule has 0 spiro atoms. The lowest BCUT2D eigenvalue weighted by Crippen LogP contribution is -2.36. The van der Waals surface area contributed by atoms with Crippen molar-refractivity contribution in [2.24, 2.45) is 0 Å². The Morgan fingerprint density at radius 3 is 2.50 bits per heavy atom. The van der Waals surface area contributed by atoms with Crippen molar-refractivity contribution in [2.45, 2.75) is 13.0 Å². The first-order valence-corrected chi connectivity index (χ1v) is 11.4. The van der Waals surface area contributed by atoms with Gasteiger partial charge in [-0.3, -0.25) is 4.79 Å². The number of nitrogens with one attached hydrogen (secondary N) is 1. The molecule has 0 aliphatic heterocycles. The van der Waals surface area contributed by atoms with Crippen molar-refractivity contribution in [2.75, 3.05) is 25.0 Å². The van der Waals surface area contributed by atoms with E-state index >= 15 is 0 Å². The number of amides is 1. The minimum atomic E-state index is -0.401. The quantitative estimate of drug-likeness (QED) is 0.246. The largest absolute Gasteiger partial charge is 0.484 e. The molecule has 0 fully saturated rings. The fraction of sp³-hybridized carbons (Fsp3) is 0.185. The first kappa shape index (κ1) is 23.4. The van der Waals surface area contributed by atoms with E-state index in [1.54, 1.807) is 35.2 Å². The fourth-order valence-corrected chi connectivity index (χ4v) is 3.74. The summed E-state index contributed by atoms with van der Waals surface area (Å²) in [6.07, 6.45) is 0.689. The van der Waals surface area contributed by atoms with Crippen molar-refractivity contribution in [3.05, 3.63) is 106 Å². The zero-order valence-corrected chi connectivity index (χ0v) is 19.3. The third kappa shape index (κ3) is 6.39. The number of nitrogens with zero attached hydrogens (tertiary/aromatic N) is 1. The number of hydrogen-bond donors (Lipinski definition) is 1. The van der Waals surface area contributed by atoms with Crippen molar-refractivity contribution in [1.82, 2.24) is 4.90 Å². The van der Waals surface area contributed by atoms with Crippen LogP contribution in [-0.4, -0.2) is 30.5 Å². The van der Waals surface area contributed by atoms with E-state index in [4.69, 9.17) is 20.8 Å². The second-order valence-corrected chi connectivity index (χ2v) is 8.24. The molecule has 4 rings (SSSR count). The smallest absolute Gasteiger partial charge is 0.338 e. The maximum Gasteiger partial charge on any atom is 0.338 e. The van der Waals surface area contributed by atoms with Crippen LogP contribution in [0.25, 0.3) is 11.0 Å². The number of anilines is 1. The van der Waals surface area contributed by atoms with E-state index < -0.39 is 5.63 Å². The van der Waals surface area contributed by atoms with Gasteiger partial charge in [0.05, 0.1) is 5.69 Å². The van der Waals surface area contributed by atoms with Gasteiger partial charge in [0.1, 0.15) is 11.3 Å². The molecule has 1 N–H and O–H groups in total. The molecule has 1 heterocycles. The topological polar surface area (TPSA) is 71.8 Å². The van der Waals surface area contributed by atoms with Crippen LogP contribution in [0.3, 0.4) is 0 Å². The molecule has 6 nitrogen and oxygen atoms in total. The van der Waals surface area contributed by atoms with Gasteiger partial charge in [-0.1, -0.05) is 54.1 Å². The Morgan fingerprint density at radius 1 is 0.971 bits per heavy atom. The molecule has 1 aromatic heterocycles. The zero-order valence-electron chi connectivity index (χ0n) is 18.6. The molecule has 174 valence electrons. The van der Waals surface area contributed by atoms with Crippen molar-refractivity contribution < 1.29 is 13.9 Å². The van der Waals surface area contributed by atoms with E-state index in [0.29, 0.717) is 42.4 Å². The van der Waals surface area contributed by atoms with E-state index in [0.717, 1.165) is 16.6 Å². The normalized spacial score (nSPS) is 10.7. The van der Waals surface area contributed by atoms with E-state index in [9.17, 15) is 9.59 Å². The molecule has 0 aliphatic rings. The predicted octanol–water partition coefficient (Wildman–Crippen LogP) is 5.36. The number of rotatable bonds is 10. The number of fused-ring (bicyclic) bond motifs is 1. The van der Waals surface area contributed by atoms with Crippen LogP contribution in [0.5, 0.6) is 5.75 Å². The van der Waals surface area contributed by atoms with E-state index in [1.165, 1.54) is 6.07 Å². The zero-order chi connectivity index (χ0) is 23.8. The first-order chi connectivity index (χ1) is 16.6. The summed E-state index contributed by atoms with van der Waals surface area (Å²) in [4.78, 5) is 26.6. The summed E-state index contributed by atoms with van der Waals surface area (Å²) in [7, 11) is 0. The summed E-state index contributed by atoms with van der Waals surface area (Å²) in [6, 6.07) is 25.6. The fourth-order valence-electron chi connectivity index (χ4n) is 3.61. The number of para-hydroxylation sites is 1. The van der Waals surface area contributed by atoms with Crippen LogP contribution in [0.1, 0.15) is 12.0 Å². The molecular formula is C27H25ClN2O4. The molecule has 0 atom stereocenters. The highest BCUT2D eigenvalue weighted by Gasteiger charge is 2.15. The van der Waals surface area contributed by atoms with Gasteiger partial charge >= 0.3 is 5.63 Å². The first-order valence-electron chi connectivity index (χ1n) is 11.1. The average Bonchev–Trinajstić information content (AvgIpc) is 2.85. The van der Waals surface area contributed by atoms with Gasteiger partial charge in [-0.25, -0.2) is 4.79 Å². The Kier molecular flexibility index (Phi) is 7.83. The third-order valence-electron chi connectivity index (χ3n) is 5.32. The maximum absolute atomic E-state index is 13.0.